The summed E-state index contributed by atoms with van der Waals surface area (Å²) in [4.78, 5) is 1.27. The summed E-state index contributed by atoms with van der Waals surface area (Å²) in [6.07, 6.45) is 0.983. The van der Waals surface area contributed by atoms with Crippen LogP contribution in [0.2, 0.25) is 0 Å². The first kappa shape index (κ1) is 15.0. The molecule has 0 saturated carbocycles. The van der Waals surface area contributed by atoms with E-state index in [0.29, 0.717) is 5.11 Å². The maximum Gasteiger partial charge on any atom is 0.171 e. The minimum absolute atomic E-state index is 0.00776. The Morgan fingerprint density at radius 2 is 2.26 bits per heavy atom. The summed E-state index contributed by atoms with van der Waals surface area (Å²) < 4.78 is 22.9. The van der Waals surface area contributed by atoms with Crippen LogP contribution >= 0.6 is 35.2 Å². The van der Waals surface area contributed by atoms with Crippen molar-refractivity contribution in [1.29, 1.82) is 0 Å². The highest BCUT2D eigenvalue weighted by Gasteiger charge is 2.36. The van der Waals surface area contributed by atoms with Crippen molar-refractivity contribution < 1.29 is 8.42 Å². The van der Waals surface area contributed by atoms with Gasteiger partial charge < -0.3 is 10.6 Å². The van der Waals surface area contributed by atoms with E-state index in [4.69, 9.17) is 23.8 Å². The first-order chi connectivity index (χ1) is 8.89. The fourth-order valence-corrected chi connectivity index (χ4v) is 5.62. The lowest BCUT2D eigenvalue weighted by atomic mass is 10.2. The molecule has 2 N–H and O–H groups in total. The van der Waals surface area contributed by atoms with Crippen molar-refractivity contribution in [2.75, 3.05) is 16.8 Å². The van der Waals surface area contributed by atoms with Gasteiger partial charge in [0.25, 0.3) is 0 Å². The molecule has 1 aromatic rings. The fraction of sp³-hybridized carbons (Fsp3) is 0.545. The first-order valence-electron chi connectivity index (χ1n) is 5.90. The van der Waals surface area contributed by atoms with Crippen LogP contribution in [0.1, 0.15) is 11.8 Å². The highest BCUT2D eigenvalue weighted by molar-refractivity contribution is 7.91. The average Bonchev–Trinajstić information content (AvgIpc) is 2.83. The molecule has 2 rings (SSSR count). The van der Waals surface area contributed by atoms with Crippen molar-refractivity contribution in [3.05, 3.63) is 17.0 Å². The van der Waals surface area contributed by atoms with Gasteiger partial charge in [0, 0.05) is 4.88 Å². The van der Waals surface area contributed by atoms with Crippen LogP contribution in [0.5, 0.6) is 0 Å². The van der Waals surface area contributed by atoms with Crippen LogP contribution in [0.15, 0.2) is 12.1 Å². The van der Waals surface area contributed by atoms with Gasteiger partial charge in [0.15, 0.2) is 14.9 Å². The van der Waals surface area contributed by atoms with Crippen molar-refractivity contribution in [1.82, 2.24) is 5.32 Å². The van der Waals surface area contributed by atoms with Crippen LogP contribution in [0.3, 0.4) is 0 Å². The van der Waals surface area contributed by atoms with Gasteiger partial charge in [0.1, 0.15) is 0 Å². The zero-order valence-electron chi connectivity index (χ0n) is 10.3. The molecule has 1 aromatic heterocycles. The van der Waals surface area contributed by atoms with Crippen LogP contribution in [0.25, 0.3) is 0 Å². The Balaban J connectivity index is 1.91. The predicted molar refractivity (Wildman–Crippen MR) is 85.1 cm³/mol. The quantitative estimate of drug-likeness (QED) is 0.652. The summed E-state index contributed by atoms with van der Waals surface area (Å²) in [6.45, 7) is 2.09. The molecule has 0 bridgehead atoms. The third-order valence-electron chi connectivity index (χ3n) is 2.85. The molecule has 0 aliphatic carbocycles. The third kappa shape index (κ3) is 4.05. The molecule has 106 valence electrons. The number of hydrogen-bond donors (Lipinski definition) is 2. The van der Waals surface area contributed by atoms with Crippen molar-refractivity contribution in [2.45, 2.75) is 24.8 Å². The number of rotatable bonds is 3. The Hall–Kier alpha value is -0.370. The molecule has 0 radical (unpaired) electrons. The lowest BCUT2D eigenvalue weighted by molar-refractivity contribution is 0.600. The summed E-state index contributed by atoms with van der Waals surface area (Å²) in [5, 5.41) is 6.96. The minimum Gasteiger partial charge on any atom is -0.357 e. The van der Waals surface area contributed by atoms with Crippen LogP contribution < -0.4 is 10.6 Å². The molecule has 0 unspecified atom stereocenters. The van der Waals surface area contributed by atoms with E-state index < -0.39 is 15.2 Å². The molecule has 0 aromatic carbocycles. The summed E-state index contributed by atoms with van der Waals surface area (Å²) in [5.74, 6) is 0.0431. The van der Waals surface area contributed by atoms with Gasteiger partial charge in [0.05, 0.1) is 27.9 Å². The lowest BCUT2D eigenvalue weighted by Gasteiger charge is -2.16. The first-order valence-corrected chi connectivity index (χ1v) is 9.38. The number of sulfone groups is 1. The minimum atomic E-state index is -3.04. The van der Waals surface area contributed by atoms with Gasteiger partial charge in [-0.15, -0.1) is 22.9 Å². The normalized spacial score (nSPS) is 25.2. The van der Waals surface area contributed by atoms with Gasteiger partial charge in [0.2, 0.25) is 0 Å². The third-order valence-corrected chi connectivity index (χ3v) is 6.59. The van der Waals surface area contributed by atoms with Crippen LogP contribution in [0, 0.1) is 0 Å². The van der Waals surface area contributed by atoms with Gasteiger partial charge in [-0.2, -0.15) is 0 Å². The van der Waals surface area contributed by atoms with E-state index in [1.807, 2.05) is 12.1 Å². The number of thiocarbonyl (C=S) groups is 1. The van der Waals surface area contributed by atoms with Gasteiger partial charge >= 0.3 is 0 Å². The number of thiophene rings is 1. The molecular formula is C11H15ClN2O2S3. The summed E-state index contributed by atoms with van der Waals surface area (Å²) in [6, 6.07) is 3.68. The van der Waals surface area contributed by atoms with E-state index in [1.165, 1.54) is 4.88 Å². The smallest absolute Gasteiger partial charge is 0.171 e. The molecule has 2 atom stereocenters. The van der Waals surface area contributed by atoms with Crippen molar-refractivity contribution >= 4 is 55.1 Å². The maximum absolute atomic E-state index is 11.4. The molecular weight excluding hydrogens is 324 g/mol. The van der Waals surface area contributed by atoms with Crippen molar-refractivity contribution in [3.8, 4) is 0 Å². The van der Waals surface area contributed by atoms with Crippen LogP contribution in [-0.2, 0) is 16.3 Å². The Morgan fingerprint density at radius 1 is 1.53 bits per heavy atom. The highest BCUT2D eigenvalue weighted by atomic mass is 35.5. The van der Waals surface area contributed by atoms with Crippen molar-refractivity contribution in [3.63, 3.8) is 0 Å². The molecule has 8 heteroatoms. The molecule has 1 aliphatic rings. The predicted octanol–water partition coefficient (Wildman–Crippen LogP) is 2.00. The van der Waals surface area contributed by atoms with Crippen LogP contribution in [-0.4, -0.2) is 36.5 Å². The highest BCUT2D eigenvalue weighted by Crippen LogP contribution is 2.22. The monoisotopic (exact) mass is 338 g/mol. The second-order valence-electron chi connectivity index (χ2n) is 4.42. The van der Waals surface area contributed by atoms with E-state index in [-0.39, 0.29) is 17.5 Å². The van der Waals surface area contributed by atoms with E-state index >= 15 is 0 Å². The number of nitrogens with one attached hydrogen (secondary N) is 2. The average molecular weight is 339 g/mol. The van der Waals surface area contributed by atoms with E-state index in [1.54, 1.807) is 11.3 Å². The summed E-state index contributed by atoms with van der Waals surface area (Å²) in [7, 11) is -3.04. The lowest BCUT2D eigenvalue weighted by Crippen LogP contribution is -2.42. The maximum atomic E-state index is 11.4. The molecule has 0 amide bonds. The molecule has 4 nitrogen and oxygen atoms in total. The second-order valence-corrected chi connectivity index (χ2v) is 8.71. The van der Waals surface area contributed by atoms with Gasteiger partial charge in [-0.3, -0.25) is 0 Å². The number of alkyl halides is 1. The molecule has 19 heavy (non-hydrogen) atoms. The Kier molecular flexibility index (Phi) is 4.70. The van der Waals surface area contributed by atoms with E-state index in [9.17, 15) is 8.42 Å². The number of hydrogen-bond acceptors (Lipinski definition) is 4. The standard InChI is InChI=1S/C11H15ClN2O2S3/c1-2-7-3-4-10(18-7)14-11(17)13-9-6-19(15,16)5-8(9)12/h3-4,8-9H,2,5-6H2,1H3,(H2,13,14,17)/t8-,9-/m1/s1. The Bertz CT molecular complexity index is 570. The zero-order valence-corrected chi connectivity index (χ0v) is 13.6. The topological polar surface area (TPSA) is 58.2 Å². The zero-order chi connectivity index (χ0) is 14.0. The number of aryl methyl sites for hydroxylation is 1. The SMILES string of the molecule is CCc1ccc(NC(=S)N[C@@H]2CS(=O)(=O)C[C@H]2Cl)s1. The molecule has 1 saturated heterocycles. The van der Waals surface area contributed by atoms with Crippen LogP contribution in [0.4, 0.5) is 5.00 Å². The van der Waals surface area contributed by atoms with Gasteiger partial charge in [-0.25, -0.2) is 8.42 Å². The van der Waals surface area contributed by atoms with Gasteiger partial charge in [-0.05, 0) is 30.8 Å². The molecule has 2 heterocycles. The van der Waals surface area contributed by atoms with E-state index in [0.717, 1.165) is 11.4 Å². The van der Waals surface area contributed by atoms with E-state index in [2.05, 4.69) is 17.6 Å². The molecule has 1 fully saturated rings. The second kappa shape index (κ2) is 5.95. The molecule has 0 spiro atoms. The summed E-state index contributed by atoms with van der Waals surface area (Å²) in [5.41, 5.74) is 0. The summed E-state index contributed by atoms with van der Waals surface area (Å²) >= 11 is 12.8. The molecule has 1 aliphatic heterocycles. The number of anilines is 1. The largest absolute Gasteiger partial charge is 0.357 e. The number of halogens is 1. The Morgan fingerprint density at radius 3 is 2.79 bits per heavy atom. The fourth-order valence-electron chi connectivity index (χ4n) is 1.89. The Labute approximate surface area is 127 Å². The van der Waals surface area contributed by atoms with Gasteiger partial charge in [-0.1, -0.05) is 6.92 Å². The van der Waals surface area contributed by atoms with Crippen molar-refractivity contribution in [2.24, 2.45) is 0 Å².